The molecule has 1 aromatic heterocycles. The molecule has 0 aliphatic carbocycles. The molecule has 0 spiro atoms. The number of hydrogen-bond donors (Lipinski definition) is 1. The van der Waals surface area contributed by atoms with Crippen molar-refractivity contribution in [2.45, 2.75) is 6.54 Å². The SMILES string of the molecule is O=C1N/C(=C\c2ccco2)C(=O)N1Cc1ccccc1. The highest BCUT2D eigenvalue weighted by molar-refractivity contribution is 6.13. The number of benzene rings is 1. The lowest BCUT2D eigenvalue weighted by Gasteiger charge is -2.11. The molecule has 100 valence electrons. The summed E-state index contributed by atoms with van der Waals surface area (Å²) in [4.78, 5) is 25.2. The zero-order valence-electron chi connectivity index (χ0n) is 10.6. The minimum atomic E-state index is -0.420. The van der Waals surface area contributed by atoms with Gasteiger partial charge in [0.15, 0.2) is 0 Å². The minimum absolute atomic E-state index is 0.223. The van der Waals surface area contributed by atoms with Gasteiger partial charge in [-0.15, -0.1) is 0 Å². The zero-order valence-corrected chi connectivity index (χ0v) is 10.6. The number of nitrogens with zero attached hydrogens (tertiary/aromatic N) is 1. The second-order valence-electron chi connectivity index (χ2n) is 4.38. The Bertz CT molecular complexity index is 660. The largest absolute Gasteiger partial charge is 0.465 e. The van der Waals surface area contributed by atoms with E-state index in [4.69, 9.17) is 4.42 Å². The molecule has 2 aromatic rings. The maximum atomic E-state index is 12.2. The molecule has 20 heavy (non-hydrogen) atoms. The first-order chi connectivity index (χ1) is 9.74. The summed E-state index contributed by atoms with van der Waals surface area (Å²) in [6.07, 6.45) is 3.03. The molecule has 1 aliphatic heterocycles. The van der Waals surface area contributed by atoms with E-state index in [-0.39, 0.29) is 18.1 Å². The average molecular weight is 268 g/mol. The van der Waals surface area contributed by atoms with Crippen molar-refractivity contribution in [1.82, 2.24) is 10.2 Å². The van der Waals surface area contributed by atoms with Gasteiger partial charge in [-0.25, -0.2) is 4.79 Å². The molecule has 0 saturated carbocycles. The molecule has 0 bridgehead atoms. The van der Waals surface area contributed by atoms with Crippen molar-refractivity contribution in [2.75, 3.05) is 0 Å². The summed E-state index contributed by atoms with van der Waals surface area (Å²) in [5.74, 6) is 0.172. The predicted molar refractivity (Wildman–Crippen MR) is 72.2 cm³/mol. The third-order valence-electron chi connectivity index (χ3n) is 2.98. The van der Waals surface area contributed by atoms with Crippen LogP contribution in [0.2, 0.25) is 0 Å². The number of hydrogen-bond acceptors (Lipinski definition) is 3. The number of imide groups is 1. The van der Waals surface area contributed by atoms with Crippen LogP contribution in [0, 0.1) is 0 Å². The number of urea groups is 1. The van der Waals surface area contributed by atoms with Crippen molar-refractivity contribution in [3.8, 4) is 0 Å². The molecule has 1 fully saturated rings. The monoisotopic (exact) mass is 268 g/mol. The van der Waals surface area contributed by atoms with E-state index in [1.54, 1.807) is 12.1 Å². The summed E-state index contributed by atoms with van der Waals surface area (Å²) < 4.78 is 5.13. The Morgan fingerprint density at radius 2 is 1.90 bits per heavy atom. The van der Waals surface area contributed by atoms with Crippen LogP contribution in [0.4, 0.5) is 4.79 Å². The van der Waals surface area contributed by atoms with Gasteiger partial charge in [-0.3, -0.25) is 9.69 Å². The van der Waals surface area contributed by atoms with Gasteiger partial charge in [0.25, 0.3) is 5.91 Å². The van der Waals surface area contributed by atoms with E-state index >= 15 is 0 Å². The highest BCUT2D eigenvalue weighted by atomic mass is 16.3. The number of furan rings is 1. The Balaban J connectivity index is 1.81. The Hall–Kier alpha value is -2.82. The van der Waals surface area contributed by atoms with Crippen molar-refractivity contribution >= 4 is 18.0 Å². The molecule has 1 aromatic carbocycles. The lowest BCUT2D eigenvalue weighted by atomic mass is 10.2. The van der Waals surface area contributed by atoms with Gasteiger partial charge >= 0.3 is 6.03 Å². The number of amides is 3. The molecule has 1 N–H and O–H groups in total. The fraction of sp³-hybridized carbons (Fsp3) is 0.0667. The second-order valence-corrected chi connectivity index (χ2v) is 4.38. The number of nitrogens with one attached hydrogen (secondary N) is 1. The Morgan fingerprint density at radius 1 is 1.10 bits per heavy atom. The first kappa shape index (κ1) is 12.2. The molecular formula is C15H12N2O3. The predicted octanol–water partition coefficient (Wildman–Crippen LogP) is 2.37. The maximum Gasteiger partial charge on any atom is 0.329 e. The first-order valence-corrected chi connectivity index (χ1v) is 6.16. The van der Waals surface area contributed by atoms with Gasteiger partial charge in [0.2, 0.25) is 0 Å². The number of carbonyl (C=O) groups excluding carboxylic acids is 2. The fourth-order valence-electron chi connectivity index (χ4n) is 2.00. The van der Waals surface area contributed by atoms with E-state index in [1.807, 2.05) is 30.3 Å². The molecule has 0 atom stereocenters. The highest BCUT2D eigenvalue weighted by Gasteiger charge is 2.33. The number of carbonyl (C=O) groups is 2. The summed E-state index contributed by atoms with van der Waals surface area (Å²) in [7, 11) is 0. The van der Waals surface area contributed by atoms with Crippen LogP contribution in [0.15, 0.2) is 58.8 Å². The molecular weight excluding hydrogens is 256 g/mol. The smallest absolute Gasteiger partial charge is 0.329 e. The Morgan fingerprint density at radius 3 is 2.60 bits per heavy atom. The first-order valence-electron chi connectivity index (χ1n) is 6.16. The van der Waals surface area contributed by atoms with E-state index in [1.165, 1.54) is 17.2 Å². The molecule has 5 heteroatoms. The lowest BCUT2D eigenvalue weighted by Crippen LogP contribution is -2.30. The van der Waals surface area contributed by atoms with Crippen molar-refractivity contribution in [1.29, 1.82) is 0 Å². The lowest BCUT2D eigenvalue weighted by molar-refractivity contribution is -0.123. The van der Waals surface area contributed by atoms with Crippen LogP contribution >= 0.6 is 0 Å². The van der Waals surface area contributed by atoms with Gasteiger partial charge in [0, 0.05) is 6.08 Å². The summed E-state index contributed by atoms with van der Waals surface area (Å²) in [5, 5.41) is 2.55. The molecule has 2 heterocycles. The Labute approximate surface area is 115 Å². The standard InChI is InChI=1S/C15H12N2O3/c18-14-13(9-12-7-4-8-20-12)16-15(19)17(14)10-11-5-2-1-3-6-11/h1-9H,10H2,(H,16,19)/b13-9-. The van der Waals surface area contributed by atoms with Crippen LogP contribution in [-0.4, -0.2) is 16.8 Å². The van der Waals surface area contributed by atoms with Crippen LogP contribution < -0.4 is 5.32 Å². The molecule has 3 rings (SSSR count). The topological polar surface area (TPSA) is 62.6 Å². The van der Waals surface area contributed by atoms with Gasteiger partial charge in [-0.1, -0.05) is 30.3 Å². The zero-order chi connectivity index (χ0) is 13.9. The summed E-state index contributed by atoms with van der Waals surface area (Å²) in [6, 6.07) is 12.4. The third-order valence-corrected chi connectivity index (χ3v) is 2.98. The fourth-order valence-corrected chi connectivity index (χ4v) is 2.00. The van der Waals surface area contributed by atoms with Gasteiger partial charge in [0.05, 0.1) is 12.8 Å². The van der Waals surface area contributed by atoms with Crippen LogP contribution in [0.3, 0.4) is 0 Å². The van der Waals surface area contributed by atoms with Crippen LogP contribution in [0.1, 0.15) is 11.3 Å². The molecule has 1 saturated heterocycles. The Kier molecular flexibility index (Phi) is 3.09. The van der Waals surface area contributed by atoms with Gasteiger partial charge in [-0.2, -0.15) is 0 Å². The van der Waals surface area contributed by atoms with Gasteiger partial charge in [0.1, 0.15) is 11.5 Å². The highest BCUT2D eigenvalue weighted by Crippen LogP contribution is 2.16. The molecule has 5 nitrogen and oxygen atoms in total. The summed E-state index contributed by atoms with van der Waals surface area (Å²) in [5.41, 5.74) is 1.12. The van der Waals surface area contributed by atoms with Crippen molar-refractivity contribution in [2.24, 2.45) is 0 Å². The van der Waals surface area contributed by atoms with Gasteiger partial charge < -0.3 is 9.73 Å². The van der Waals surface area contributed by atoms with Crippen molar-refractivity contribution in [3.63, 3.8) is 0 Å². The van der Waals surface area contributed by atoms with Crippen LogP contribution in [-0.2, 0) is 11.3 Å². The van der Waals surface area contributed by atoms with Crippen LogP contribution in [0.5, 0.6) is 0 Å². The van der Waals surface area contributed by atoms with E-state index in [0.717, 1.165) is 5.56 Å². The quantitative estimate of drug-likeness (QED) is 0.686. The maximum absolute atomic E-state index is 12.2. The minimum Gasteiger partial charge on any atom is -0.465 e. The molecule has 0 radical (unpaired) electrons. The number of rotatable bonds is 3. The third kappa shape index (κ3) is 2.33. The van der Waals surface area contributed by atoms with E-state index in [2.05, 4.69) is 5.32 Å². The van der Waals surface area contributed by atoms with Gasteiger partial charge in [-0.05, 0) is 17.7 Å². The van der Waals surface area contributed by atoms with E-state index in [9.17, 15) is 9.59 Å². The summed E-state index contributed by atoms with van der Waals surface area (Å²) in [6.45, 7) is 0.251. The van der Waals surface area contributed by atoms with Crippen molar-refractivity contribution < 1.29 is 14.0 Å². The van der Waals surface area contributed by atoms with Crippen LogP contribution in [0.25, 0.3) is 6.08 Å². The molecule has 0 unspecified atom stereocenters. The second kappa shape index (κ2) is 5.05. The normalized spacial score (nSPS) is 16.8. The molecule has 1 aliphatic rings. The average Bonchev–Trinajstić information content (AvgIpc) is 3.05. The van der Waals surface area contributed by atoms with Crippen molar-refractivity contribution in [3.05, 3.63) is 65.7 Å². The summed E-state index contributed by atoms with van der Waals surface area (Å²) >= 11 is 0. The molecule has 3 amide bonds. The van der Waals surface area contributed by atoms with E-state index < -0.39 is 6.03 Å². The van der Waals surface area contributed by atoms with E-state index in [0.29, 0.717) is 5.76 Å².